The lowest BCUT2D eigenvalue weighted by Crippen LogP contribution is -2.10. The third-order valence-corrected chi connectivity index (χ3v) is 3.05. The Hall–Kier alpha value is -1.01. The maximum Gasteiger partial charge on any atom is 0.197 e. The average Bonchev–Trinajstić information content (AvgIpc) is 2.63. The van der Waals surface area contributed by atoms with E-state index in [2.05, 4.69) is 23.5 Å². The van der Waals surface area contributed by atoms with Crippen LogP contribution in [0.4, 0.5) is 10.8 Å². The Morgan fingerprint density at radius 2 is 2.18 bits per heavy atom. The zero-order chi connectivity index (χ0) is 12.7. The van der Waals surface area contributed by atoms with E-state index in [-0.39, 0.29) is 0 Å². The second-order valence-corrected chi connectivity index (χ2v) is 4.93. The molecule has 0 spiro atoms. The summed E-state index contributed by atoms with van der Waals surface area (Å²) in [4.78, 5) is 0. The fraction of sp³-hybridized carbons (Fsp3) is 0.727. The highest BCUT2D eigenvalue weighted by atomic mass is 32.1. The summed E-state index contributed by atoms with van der Waals surface area (Å²) >= 11 is 1.30. The van der Waals surface area contributed by atoms with E-state index in [0.29, 0.717) is 24.1 Å². The highest BCUT2D eigenvalue weighted by Gasteiger charge is 2.10. The van der Waals surface area contributed by atoms with Crippen LogP contribution < -0.4 is 15.8 Å². The van der Waals surface area contributed by atoms with Gasteiger partial charge >= 0.3 is 0 Å². The number of ether oxygens (including phenoxy) is 2. The Morgan fingerprint density at radius 3 is 2.82 bits per heavy atom. The second-order valence-electron chi connectivity index (χ2n) is 4.15. The van der Waals surface area contributed by atoms with Gasteiger partial charge in [0.05, 0.1) is 13.7 Å². The Labute approximate surface area is 106 Å². The van der Waals surface area contributed by atoms with Gasteiger partial charge in [-0.25, -0.2) is 0 Å². The third-order valence-electron chi connectivity index (χ3n) is 2.25. The molecule has 0 unspecified atom stereocenters. The monoisotopic (exact) mass is 259 g/mol. The van der Waals surface area contributed by atoms with Gasteiger partial charge in [-0.15, -0.1) is 0 Å². The van der Waals surface area contributed by atoms with Crippen LogP contribution in [0, 0.1) is 5.92 Å². The van der Waals surface area contributed by atoms with Crippen LogP contribution in [0.5, 0.6) is 5.75 Å². The lowest BCUT2D eigenvalue weighted by atomic mass is 10.1. The van der Waals surface area contributed by atoms with Crippen molar-refractivity contribution in [3.63, 3.8) is 0 Å². The van der Waals surface area contributed by atoms with E-state index in [1.165, 1.54) is 11.5 Å². The standard InChI is InChI=1S/C11H21N3O2S/c1-8(2)4-6-16-7-5-13-11-9(15-3)10(12)14-17-11/h8,13H,4-7H2,1-3H3,(H2,12,14). The molecule has 0 aromatic carbocycles. The summed E-state index contributed by atoms with van der Waals surface area (Å²) in [6.45, 7) is 6.59. The summed E-state index contributed by atoms with van der Waals surface area (Å²) in [6.07, 6.45) is 1.09. The van der Waals surface area contributed by atoms with Gasteiger partial charge in [-0.2, -0.15) is 4.37 Å². The van der Waals surface area contributed by atoms with Crippen LogP contribution >= 0.6 is 11.5 Å². The number of nitrogen functional groups attached to an aromatic ring is 1. The molecule has 3 N–H and O–H groups in total. The lowest BCUT2D eigenvalue weighted by molar-refractivity contribution is 0.133. The molecule has 1 aromatic rings. The Balaban J connectivity index is 2.18. The summed E-state index contributed by atoms with van der Waals surface area (Å²) in [7, 11) is 1.59. The van der Waals surface area contributed by atoms with Gasteiger partial charge in [0.15, 0.2) is 16.6 Å². The molecule has 1 heterocycles. The minimum absolute atomic E-state index is 0.431. The molecule has 0 bridgehead atoms. The molecular formula is C11H21N3O2S. The summed E-state index contributed by atoms with van der Waals surface area (Å²) < 4.78 is 14.7. The van der Waals surface area contributed by atoms with Gasteiger partial charge in [-0.05, 0) is 23.9 Å². The highest BCUT2D eigenvalue weighted by Crippen LogP contribution is 2.34. The van der Waals surface area contributed by atoms with E-state index in [0.717, 1.165) is 24.6 Å². The van der Waals surface area contributed by atoms with Crippen molar-refractivity contribution in [1.82, 2.24) is 4.37 Å². The minimum Gasteiger partial charge on any atom is -0.490 e. The molecule has 0 aliphatic carbocycles. The SMILES string of the molecule is COc1c(N)nsc1NCCOCCC(C)C. The quantitative estimate of drug-likeness (QED) is 0.700. The van der Waals surface area contributed by atoms with Gasteiger partial charge < -0.3 is 20.5 Å². The second kappa shape index (κ2) is 7.34. The maximum absolute atomic E-state index is 5.64. The normalized spacial score (nSPS) is 10.8. The Kier molecular flexibility index (Phi) is 6.07. The van der Waals surface area contributed by atoms with Gasteiger partial charge in [0, 0.05) is 13.2 Å². The highest BCUT2D eigenvalue weighted by molar-refractivity contribution is 7.11. The van der Waals surface area contributed by atoms with E-state index in [1.54, 1.807) is 7.11 Å². The van der Waals surface area contributed by atoms with Crippen molar-refractivity contribution in [1.29, 1.82) is 0 Å². The number of hydrogen-bond donors (Lipinski definition) is 2. The molecule has 0 atom stereocenters. The molecule has 1 aromatic heterocycles. The van der Waals surface area contributed by atoms with Crippen LogP contribution in [-0.2, 0) is 4.74 Å². The minimum atomic E-state index is 0.431. The number of nitrogens with zero attached hydrogens (tertiary/aromatic N) is 1. The van der Waals surface area contributed by atoms with Crippen LogP contribution in [0.2, 0.25) is 0 Å². The molecule has 0 amide bonds. The molecule has 98 valence electrons. The largest absolute Gasteiger partial charge is 0.490 e. The number of aromatic nitrogens is 1. The average molecular weight is 259 g/mol. The summed E-state index contributed by atoms with van der Waals surface area (Å²) in [5.74, 6) is 1.74. The molecule has 0 fully saturated rings. The van der Waals surface area contributed by atoms with Crippen LogP contribution in [-0.4, -0.2) is 31.2 Å². The van der Waals surface area contributed by atoms with Crippen LogP contribution in [0.1, 0.15) is 20.3 Å². The predicted octanol–water partition coefficient (Wildman–Crippen LogP) is 2.21. The lowest BCUT2D eigenvalue weighted by Gasteiger charge is -2.08. The van der Waals surface area contributed by atoms with Crippen molar-refractivity contribution in [3.8, 4) is 5.75 Å². The van der Waals surface area contributed by atoms with Crippen molar-refractivity contribution in [2.24, 2.45) is 5.92 Å². The first-order chi connectivity index (χ1) is 8.15. The zero-order valence-corrected chi connectivity index (χ0v) is 11.5. The zero-order valence-electron chi connectivity index (χ0n) is 10.7. The molecule has 0 aliphatic rings. The molecular weight excluding hydrogens is 238 g/mol. The fourth-order valence-electron chi connectivity index (χ4n) is 1.26. The van der Waals surface area contributed by atoms with Gasteiger partial charge in [0.25, 0.3) is 0 Å². The number of nitrogens with one attached hydrogen (secondary N) is 1. The van der Waals surface area contributed by atoms with E-state index >= 15 is 0 Å². The molecule has 0 saturated heterocycles. The van der Waals surface area contributed by atoms with Gasteiger partial charge in [0.2, 0.25) is 0 Å². The van der Waals surface area contributed by atoms with Crippen molar-refractivity contribution in [2.75, 3.05) is 37.9 Å². The van der Waals surface area contributed by atoms with Crippen molar-refractivity contribution >= 4 is 22.4 Å². The Bertz CT molecular complexity index is 329. The Morgan fingerprint density at radius 1 is 1.41 bits per heavy atom. The molecule has 5 nitrogen and oxygen atoms in total. The molecule has 0 saturated carbocycles. The van der Waals surface area contributed by atoms with Gasteiger partial charge in [-0.3, -0.25) is 0 Å². The maximum atomic E-state index is 5.64. The number of nitrogens with two attached hydrogens (primary N) is 1. The molecule has 0 aliphatic heterocycles. The molecule has 0 radical (unpaired) electrons. The third kappa shape index (κ3) is 4.79. The number of hydrogen-bond acceptors (Lipinski definition) is 6. The summed E-state index contributed by atoms with van der Waals surface area (Å²) in [5, 5.41) is 4.06. The van der Waals surface area contributed by atoms with E-state index in [9.17, 15) is 0 Å². The van der Waals surface area contributed by atoms with E-state index < -0.39 is 0 Å². The van der Waals surface area contributed by atoms with Crippen molar-refractivity contribution < 1.29 is 9.47 Å². The summed E-state index contributed by atoms with van der Waals surface area (Å²) in [5.41, 5.74) is 5.64. The first kappa shape index (κ1) is 14.1. The smallest absolute Gasteiger partial charge is 0.197 e. The van der Waals surface area contributed by atoms with Gasteiger partial charge in [-0.1, -0.05) is 13.8 Å². The number of methoxy groups -OCH3 is 1. The first-order valence-electron chi connectivity index (χ1n) is 5.76. The molecule has 1 rings (SSSR count). The summed E-state index contributed by atoms with van der Waals surface area (Å²) in [6, 6.07) is 0. The van der Waals surface area contributed by atoms with Crippen LogP contribution in [0.25, 0.3) is 0 Å². The van der Waals surface area contributed by atoms with Crippen molar-refractivity contribution in [2.45, 2.75) is 20.3 Å². The van der Waals surface area contributed by atoms with Crippen LogP contribution in [0.3, 0.4) is 0 Å². The van der Waals surface area contributed by atoms with E-state index in [1.807, 2.05) is 0 Å². The number of rotatable bonds is 8. The van der Waals surface area contributed by atoms with Crippen molar-refractivity contribution in [3.05, 3.63) is 0 Å². The van der Waals surface area contributed by atoms with Gasteiger partial charge in [0.1, 0.15) is 0 Å². The topological polar surface area (TPSA) is 69.4 Å². The fourth-order valence-corrected chi connectivity index (χ4v) is 1.97. The molecule has 17 heavy (non-hydrogen) atoms. The molecule has 6 heteroatoms. The van der Waals surface area contributed by atoms with Crippen LogP contribution in [0.15, 0.2) is 0 Å². The number of anilines is 2. The van der Waals surface area contributed by atoms with E-state index in [4.69, 9.17) is 15.2 Å². The predicted molar refractivity (Wildman–Crippen MR) is 71.8 cm³/mol. The first-order valence-corrected chi connectivity index (χ1v) is 6.53.